The average Bonchev–Trinajstić information content (AvgIpc) is 2.72. The first-order valence-electron chi connectivity index (χ1n) is 9.68. The lowest BCUT2D eigenvalue weighted by molar-refractivity contribution is 0.0646. The lowest BCUT2D eigenvalue weighted by Gasteiger charge is -2.15. The summed E-state index contributed by atoms with van der Waals surface area (Å²) in [7, 11) is 1.53. The van der Waals surface area contributed by atoms with Gasteiger partial charge in [0.05, 0.1) is 19.8 Å². The molecule has 0 radical (unpaired) electrons. The van der Waals surface area contributed by atoms with E-state index in [0.29, 0.717) is 18.9 Å². The monoisotopic (exact) mass is 513 g/mol. The van der Waals surface area contributed by atoms with Gasteiger partial charge < -0.3 is 25.2 Å². The molecule has 0 aromatic heterocycles. The molecule has 2 rings (SSSR count). The van der Waals surface area contributed by atoms with Crippen LogP contribution < -0.4 is 15.4 Å². The highest BCUT2D eigenvalue weighted by molar-refractivity contribution is 14.0. The number of hydrogen-bond acceptors (Lipinski definition) is 4. The Morgan fingerprint density at radius 1 is 1.14 bits per heavy atom. The fourth-order valence-electron chi connectivity index (χ4n) is 2.71. The lowest BCUT2D eigenvalue weighted by atomic mass is 10.1. The minimum absolute atomic E-state index is 0. The van der Waals surface area contributed by atoms with Gasteiger partial charge in [-0.15, -0.1) is 24.0 Å². The molecule has 0 fully saturated rings. The van der Waals surface area contributed by atoms with Gasteiger partial charge in [0.15, 0.2) is 17.5 Å². The van der Waals surface area contributed by atoms with E-state index in [2.05, 4.69) is 34.7 Å². The standard InChI is InChI=1S/C22H31N3O3.HI/c1-4-23-22(25-16-18-11-12-21(27-3)20(26)15-18)24-13-8-14-28-17(2)19-9-6-5-7-10-19;/h5-7,9-12,15,17,26H,4,8,13-14,16H2,1-3H3,(H2,23,24,25);1H. The van der Waals surface area contributed by atoms with Crippen LogP contribution in [0.1, 0.15) is 37.5 Å². The van der Waals surface area contributed by atoms with Crippen molar-refractivity contribution < 1.29 is 14.6 Å². The van der Waals surface area contributed by atoms with Crippen LogP contribution >= 0.6 is 24.0 Å². The number of phenols is 1. The number of ether oxygens (including phenoxy) is 2. The first-order chi connectivity index (χ1) is 13.6. The molecular formula is C22H32IN3O3. The van der Waals surface area contributed by atoms with Gasteiger partial charge in [0.2, 0.25) is 0 Å². The molecule has 1 atom stereocenters. The first kappa shape index (κ1) is 25.0. The van der Waals surface area contributed by atoms with Crippen molar-refractivity contribution in [2.24, 2.45) is 4.99 Å². The summed E-state index contributed by atoms with van der Waals surface area (Å²) in [6.07, 6.45) is 0.969. The van der Waals surface area contributed by atoms with Crippen molar-refractivity contribution in [3.05, 3.63) is 59.7 Å². The van der Waals surface area contributed by atoms with Crippen LogP contribution in [0, 0.1) is 0 Å². The number of nitrogens with zero attached hydrogens (tertiary/aromatic N) is 1. The molecule has 160 valence electrons. The number of halogens is 1. The number of hydrogen-bond donors (Lipinski definition) is 3. The molecule has 2 aromatic carbocycles. The van der Waals surface area contributed by atoms with Gasteiger partial charge in [0.1, 0.15) is 0 Å². The maximum Gasteiger partial charge on any atom is 0.191 e. The Morgan fingerprint density at radius 2 is 1.90 bits per heavy atom. The third-order valence-electron chi connectivity index (χ3n) is 4.26. The third kappa shape index (κ3) is 8.91. The molecule has 0 aliphatic carbocycles. The van der Waals surface area contributed by atoms with Crippen molar-refractivity contribution >= 4 is 29.9 Å². The summed E-state index contributed by atoms with van der Waals surface area (Å²) in [6.45, 7) is 6.78. The number of rotatable bonds is 10. The maximum absolute atomic E-state index is 9.87. The second kappa shape index (κ2) is 14.1. The van der Waals surface area contributed by atoms with Crippen LogP contribution in [0.15, 0.2) is 53.5 Å². The molecule has 0 heterocycles. The summed E-state index contributed by atoms with van der Waals surface area (Å²) in [5.41, 5.74) is 2.10. The van der Waals surface area contributed by atoms with Crippen LogP contribution in [0.2, 0.25) is 0 Å². The van der Waals surface area contributed by atoms with Crippen LogP contribution in [-0.2, 0) is 11.3 Å². The number of nitrogens with one attached hydrogen (secondary N) is 2. The van der Waals surface area contributed by atoms with Crippen LogP contribution in [-0.4, -0.2) is 37.9 Å². The van der Waals surface area contributed by atoms with Gasteiger partial charge in [-0.3, -0.25) is 0 Å². The highest BCUT2D eigenvalue weighted by Gasteiger charge is 2.05. The summed E-state index contributed by atoms with van der Waals surface area (Å²) in [5, 5.41) is 16.4. The summed E-state index contributed by atoms with van der Waals surface area (Å²) < 4.78 is 11.0. The normalized spacial score (nSPS) is 12.0. The van der Waals surface area contributed by atoms with Crippen LogP contribution in [0.3, 0.4) is 0 Å². The first-order valence-corrected chi connectivity index (χ1v) is 9.68. The van der Waals surface area contributed by atoms with Gasteiger partial charge in [-0.05, 0) is 43.5 Å². The maximum atomic E-state index is 9.87. The smallest absolute Gasteiger partial charge is 0.191 e. The van der Waals surface area contributed by atoms with Crippen molar-refractivity contribution in [3.8, 4) is 11.5 Å². The zero-order valence-corrected chi connectivity index (χ0v) is 19.7. The third-order valence-corrected chi connectivity index (χ3v) is 4.26. The van der Waals surface area contributed by atoms with Gasteiger partial charge >= 0.3 is 0 Å². The van der Waals surface area contributed by atoms with E-state index in [1.807, 2.05) is 31.2 Å². The van der Waals surface area contributed by atoms with Crippen LogP contribution in [0.25, 0.3) is 0 Å². The highest BCUT2D eigenvalue weighted by atomic mass is 127. The molecule has 2 aromatic rings. The van der Waals surface area contributed by atoms with Crippen molar-refractivity contribution in [2.75, 3.05) is 26.8 Å². The summed E-state index contributed by atoms with van der Waals surface area (Å²) in [6, 6.07) is 15.5. The molecule has 6 nitrogen and oxygen atoms in total. The Hall–Kier alpha value is -2.00. The van der Waals surface area contributed by atoms with E-state index in [9.17, 15) is 5.11 Å². The van der Waals surface area contributed by atoms with Gasteiger partial charge in [0, 0.05) is 19.7 Å². The summed E-state index contributed by atoms with van der Waals surface area (Å²) in [4.78, 5) is 4.56. The molecule has 29 heavy (non-hydrogen) atoms. The molecule has 7 heteroatoms. The highest BCUT2D eigenvalue weighted by Crippen LogP contribution is 2.26. The number of aromatic hydroxyl groups is 1. The number of benzene rings is 2. The van der Waals surface area contributed by atoms with Crippen LogP contribution in [0.4, 0.5) is 0 Å². The fraction of sp³-hybridized carbons (Fsp3) is 0.409. The minimum atomic E-state index is 0. The second-order valence-corrected chi connectivity index (χ2v) is 6.41. The largest absolute Gasteiger partial charge is 0.504 e. The number of guanidine groups is 1. The second-order valence-electron chi connectivity index (χ2n) is 6.41. The fourth-order valence-corrected chi connectivity index (χ4v) is 2.71. The van der Waals surface area contributed by atoms with E-state index in [4.69, 9.17) is 9.47 Å². The topological polar surface area (TPSA) is 75.1 Å². The van der Waals surface area contributed by atoms with Gasteiger partial charge in [-0.25, -0.2) is 4.99 Å². The molecule has 0 spiro atoms. The molecule has 0 saturated carbocycles. The van der Waals surface area contributed by atoms with E-state index in [1.165, 1.54) is 12.7 Å². The Labute approximate surface area is 190 Å². The van der Waals surface area contributed by atoms with Gasteiger partial charge in [-0.1, -0.05) is 36.4 Å². The number of aliphatic imine (C=N–C) groups is 1. The lowest BCUT2D eigenvalue weighted by Crippen LogP contribution is -2.38. The zero-order chi connectivity index (χ0) is 20.2. The molecule has 0 bridgehead atoms. The average molecular weight is 513 g/mol. The molecule has 0 aliphatic heterocycles. The molecule has 0 aliphatic rings. The van der Waals surface area contributed by atoms with E-state index in [-0.39, 0.29) is 35.8 Å². The van der Waals surface area contributed by atoms with Crippen molar-refractivity contribution in [1.29, 1.82) is 0 Å². The van der Waals surface area contributed by atoms with Crippen LogP contribution in [0.5, 0.6) is 11.5 Å². The molecule has 1 unspecified atom stereocenters. The molecule has 0 amide bonds. The number of methoxy groups -OCH3 is 1. The SMILES string of the molecule is CCNC(=NCc1ccc(OC)c(O)c1)NCCCOC(C)c1ccccc1.I. The van der Waals surface area contributed by atoms with E-state index < -0.39 is 0 Å². The number of phenolic OH excluding ortho intramolecular Hbond substituents is 1. The van der Waals surface area contributed by atoms with Crippen molar-refractivity contribution in [1.82, 2.24) is 10.6 Å². The van der Waals surface area contributed by atoms with Crippen molar-refractivity contribution in [2.45, 2.75) is 32.9 Å². The minimum Gasteiger partial charge on any atom is -0.504 e. The molecule has 3 N–H and O–H groups in total. The quantitative estimate of drug-likeness (QED) is 0.192. The predicted octanol–water partition coefficient (Wildman–Crippen LogP) is 4.24. The van der Waals surface area contributed by atoms with E-state index in [1.54, 1.807) is 12.1 Å². The van der Waals surface area contributed by atoms with Gasteiger partial charge in [0.25, 0.3) is 0 Å². The summed E-state index contributed by atoms with van der Waals surface area (Å²) >= 11 is 0. The van der Waals surface area contributed by atoms with Gasteiger partial charge in [-0.2, -0.15) is 0 Å². The molecular weight excluding hydrogens is 481 g/mol. The Balaban J connectivity index is 0.00000420. The Kier molecular flexibility index (Phi) is 12.1. The zero-order valence-electron chi connectivity index (χ0n) is 17.4. The van der Waals surface area contributed by atoms with E-state index in [0.717, 1.165) is 31.0 Å². The van der Waals surface area contributed by atoms with Crippen molar-refractivity contribution in [3.63, 3.8) is 0 Å². The Bertz CT molecular complexity index is 741. The summed E-state index contributed by atoms with van der Waals surface area (Å²) in [5.74, 6) is 1.33. The van der Waals surface area contributed by atoms with E-state index >= 15 is 0 Å². The Morgan fingerprint density at radius 3 is 2.55 bits per heavy atom. The molecule has 0 saturated heterocycles. The predicted molar refractivity (Wildman–Crippen MR) is 128 cm³/mol.